The first kappa shape index (κ1) is 15.7. The molecule has 0 saturated carbocycles. The number of nitrogens with one attached hydrogen (secondary N) is 2. The molecule has 0 saturated heterocycles. The van der Waals surface area contributed by atoms with Crippen LogP contribution in [0.25, 0.3) is 0 Å². The first-order valence-corrected chi connectivity index (χ1v) is 7.35. The summed E-state index contributed by atoms with van der Waals surface area (Å²) in [6.07, 6.45) is 0. The summed E-state index contributed by atoms with van der Waals surface area (Å²) in [7, 11) is 0. The highest BCUT2D eigenvalue weighted by molar-refractivity contribution is 6.30. The molecule has 0 amide bonds. The van der Waals surface area contributed by atoms with Gasteiger partial charge in [0, 0.05) is 22.8 Å². The average molecular weight is 306 g/mol. The molecular weight excluding hydrogens is 286 g/mol. The highest BCUT2D eigenvalue weighted by Gasteiger charge is 2.17. The van der Waals surface area contributed by atoms with Crippen LogP contribution in [-0.2, 0) is 0 Å². The average Bonchev–Trinajstić information content (AvgIpc) is 2.37. The first-order chi connectivity index (χ1) is 9.88. The molecule has 2 N–H and O–H groups in total. The number of rotatable bonds is 4. The zero-order chi connectivity index (χ0) is 15.6. The predicted molar refractivity (Wildman–Crippen MR) is 85.7 cm³/mol. The molecule has 1 heterocycles. The molecule has 0 aliphatic rings. The third-order valence-electron chi connectivity index (χ3n) is 3.55. The van der Waals surface area contributed by atoms with Gasteiger partial charge in [0.2, 0.25) is 0 Å². The standard InChI is InChI=1S/C16H20ClN3O/c1-9(13-6-5-7-14(17)8-13)18-10(2)15-11(3)19-12(4)20-16(15)21/h5-10,18H,1-4H3,(H,19,20,21)/t9-,10?/m0/s1. The number of aryl methyl sites for hydroxylation is 2. The van der Waals surface area contributed by atoms with Crippen molar-refractivity contribution in [2.24, 2.45) is 0 Å². The number of nitrogens with zero attached hydrogens (tertiary/aromatic N) is 1. The van der Waals surface area contributed by atoms with E-state index in [-0.39, 0.29) is 17.6 Å². The summed E-state index contributed by atoms with van der Waals surface area (Å²) in [6.45, 7) is 7.66. The summed E-state index contributed by atoms with van der Waals surface area (Å²) in [5.74, 6) is 0.635. The normalized spacial score (nSPS) is 14.0. The quantitative estimate of drug-likeness (QED) is 0.909. The predicted octanol–water partition coefficient (Wildman–Crippen LogP) is 3.45. The number of benzene rings is 1. The highest BCUT2D eigenvalue weighted by atomic mass is 35.5. The molecule has 0 bridgehead atoms. The summed E-state index contributed by atoms with van der Waals surface area (Å²) in [5, 5.41) is 4.13. The van der Waals surface area contributed by atoms with Crippen molar-refractivity contribution in [3.8, 4) is 0 Å². The fraction of sp³-hybridized carbons (Fsp3) is 0.375. The van der Waals surface area contributed by atoms with E-state index in [2.05, 4.69) is 15.3 Å². The number of aromatic amines is 1. The first-order valence-electron chi connectivity index (χ1n) is 6.97. The Kier molecular flexibility index (Phi) is 4.80. The van der Waals surface area contributed by atoms with Gasteiger partial charge < -0.3 is 10.3 Å². The van der Waals surface area contributed by atoms with Crippen LogP contribution >= 0.6 is 11.6 Å². The molecule has 0 aliphatic heterocycles. The lowest BCUT2D eigenvalue weighted by Crippen LogP contribution is -2.29. The van der Waals surface area contributed by atoms with Gasteiger partial charge in [-0.15, -0.1) is 0 Å². The van der Waals surface area contributed by atoms with E-state index in [4.69, 9.17) is 11.6 Å². The molecule has 0 spiro atoms. The largest absolute Gasteiger partial charge is 0.310 e. The molecule has 1 aromatic carbocycles. The van der Waals surface area contributed by atoms with Gasteiger partial charge in [0.1, 0.15) is 5.82 Å². The lowest BCUT2D eigenvalue weighted by atomic mass is 10.0. The zero-order valence-corrected chi connectivity index (χ0v) is 13.5. The van der Waals surface area contributed by atoms with Crippen LogP contribution in [0.3, 0.4) is 0 Å². The maximum Gasteiger partial charge on any atom is 0.255 e. The second-order valence-corrected chi connectivity index (χ2v) is 5.75. The van der Waals surface area contributed by atoms with E-state index in [1.54, 1.807) is 6.92 Å². The maximum atomic E-state index is 12.1. The summed E-state index contributed by atoms with van der Waals surface area (Å²) in [4.78, 5) is 19.2. The van der Waals surface area contributed by atoms with Crippen molar-refractivity contribution in [2.75, 3.05) is 0 Å². The molecule has 21 heavy (non-hydrogen) atoms. The molecule has 1 aromatic heterocycles. The van der Waals surface area contributed by atoms with E-state index in [1.165, 1.54) is 0 Å². The van der Waals surface area contributed by atoms with Crippen LogP contribution in [0.5, 0.6) is 0 Å². The maximum absolute atomic E-state index is 12.1. The molecule has 0 aliphatic carbocycles. The van der Waals surface area contributed by atoms with E-state index < -0.39 is 0 Å². The minimum absolute atomic E-state index is 0.0822. The SMILES string of the molecule is Cc1nc(C)c(C(C)N[C@@H](C)c2cccc(Cl)c2)c(=O)[nH]1. The van der Waals surface area contributed by atoms with Crippen LogP contribution in [0.15, 0.2) is 29.1 Å². The molecule has 2 atom stereocenters. The van der Waals surface area contributed by atoms with Crippen molar-refractivity contribution in [1.29, 1.82) is 0 Å². The minimum Gasteiger partial charge on any atom is -0.310 e. The van der Waals surface area contributed by atoms with E-state index in [1.807, 2.05) is 45.0 Å². The molecule has 1 unspecified atom stereocenters. The molecule has 0 fully saturated rings. The third kappa shape index (κ3) is 3.71. The Bertz CT molecular complexity index is 696. The molecular formula is C16H20ClN3O. The summed E-state index contributed by atoms with van der Waals surface area (Å²) in [6, 6.07) is 7.69. The Balaban J connectivity index is 2.22. The zero-order valence-electron chi connectivity index (χ0n) is 12.7. The van der Waals surface area contributed by atoms with Gasteiger partial charge in [0.05, 0.1) is 5.56 Å². The molecule has 2 aromatic rings. The fourth-order valence-electron chi connectivity index (χ4n) is 2.58. The second-order valence-electron chi connectivity index (χ2n) is 5.32. The monoisotopic (exact) mass is 305 g/mol. The number of halogens is 1. The van der Waals surface area contributed by atoms with Crippen molar-refractivity contribution in [3.05, 3.63) is 62.3 Å². The van der Waals surface area contributed by atoms with Crippen molar-refractivity contribution in [2.45, 2.75) is 39.8 Å². The number of H-pyrrole nitrogens is 1. The van der Waals surface area contributed by atoms with Crippen LogP contribution in [-0.4, -0.2) is 9.97 Å². The van der Waals surface area contributed by atoms with Crippen LogP contribution in [0.1, 0.15) is 48.6 Å². The van der Waals surface area contributed by atoms with Crippen LogP contribution in [0, 0.1) is 13.8 Å². The van der Waals surface area contributed by atoms with E-state index in [0.29, 0.717) is 16.4 Å². The Morgan fingerprint density at radius 3 is 2.57 bits per heavy atom. The summed E-state index contributed by atoms with van der Waals surface area (Å²) in [5.41, 5.74) is 2.44. The van der Waals surface area contributed by atoms with Gasteiger partial charge in [-0.25, -0.2) is 4.98 Å². The van der Waals surface area contributed by atoms with Gasteiger partial charge >= 0.3 is 0 Å². The van der Waals surface area contributed by atoms with Crippen molar-refractivity contribution < 1.29 is 0 Å². The fourth-order valence-corrected chi connectivity index (χ4v) is 2.77. The molecule has 5 heteroatoms. The summed E-state index contributed by atoms with van der Waals surface area (Å²) < 4.78 is 0. The van der Waals surface area contributed by atoms with Crippen molar-refractivity contribution in [3.63, 3.8) is 0 Å². The third-order valence-corrected chi connectivity index (χ3v) is 3.78. The number of hydrogen-bond acceptors (Lipinski definition) is 3. The van der Waals surface area contributed by atoms with Gasteiger partial charge in [-0.3, -0.25) is 4.79 Å². The van der Waals surface area contributed by atoms with Gasteiger partial charge in [0.25, 0.3) is 5.56 Å². The summed E-state index contributed by atoms with van der Waals surface area (Å²) >= 11 is 6.02. The van der Waals surface area contributed by atoms with E-state index in [9.17, 15) is 4.79 Å². The van der Waals surface area contributed by atoms with Gasteiger partial charge in [-0.1, -0.05) is 23.7 Å². The lowest BCUT2D eigenvalue weighted by Gasteiger charge is -2.21. The molecule has 2 rings (SSSR count). The van der Waals surface area contributed by atoms with Crippen molar-refractivity contribution >= 4 is 11.6 Å². The molecule has 0 radical (unpaired) electrons. The number of aromatic nitrogens is 2. The Morgan fingerprint density at radius 1 is 1.24 bits per heavy atom. The van der Waals surface area contributed by atoms with Crippen LogP contribution in [0.4, 0.5) is 0 Å². The van der Waals surface area contributed by atoms with Gasteiger partial charge in [-0.2, -0.15) is 0 Å². The van der Waals surface area contributed by atoms with E-state index >= 15 is 0 Å². The second kappa shape index (κ2) is 6.41. The smallest absolute Gasteiger partial charge is 0.255 e. The molecule has 112 valence electrons. The lowest BCUT2D eigenvalue weighted by molar-refractivity contribution is 0.487. The van der Waals surface area contributed by atoms with Crippen LogP contribution < -0.4 is 10.9 Å². The number of hydrogen-bond donors (Lipinski definition) is 2. The topological polar surface area (TPSA) is 57.8 Å². The Hall–Kier alpha value is -1.65. The Labute approximate surface area is 129 Å². The van der Waals surface area contributed by atoms with Crippen LogP contribution in [0.2, 0.25) is 5.02 Å². The molecule has 4 nitrogen and oxygen atoms in total. The van der Waals surface area contributed by atoms with E-state index in [0.717, 1.165) is 11.3 Å². The highest BCUT2D eigenvalue weighted by Crippen LogP contribution is 2.21. The minimum atomic E-state index is -0.101. The van der Waals surface area contributed by atoms with Crippen molar-refractivity contribution in [1.82, 2.24) is 15.3 Å². The Morgan fingerprint density at radius 2 is 1.95 bits per heavy atom. The van der Waals surface area contributed by atoms with Gasteiger partial charge in [0.15, 0.2) is 0 Å². The van der Waals surface area contributed by atoms with Gasteiger partial charge in [-0.05, 0) is 45.4 Å².